The highest BCUT2D eigenvalue weighted by atomic mass is 35.5. The normalized spacial score (nSPS) is 28.1. The van der Waals surface area contributed by atoms with E-state index in [1.807, 2.05) is 0 Å². The summed E-state index contributed by atoms with van der Waals surface area (Å²) in [6.45, 7) is 2.02. The van der Waals surface area contributed by atoms with E-state index in [-0.39, 0.29) is 6.10 Å². The van der Waals surface area contributed by atoms with E-state index in [1.165, 1.54) is 0 Å². The van der Waals surface area contributed by atoms with E-state index in [2.05, 4.69) is 14.1 Å². The van der Waals surface area contributed by atoms with Crippen LogP contribution in [0.3, 0.4) is 0 Å². The van der Waals surface area contributed by atoms with E-state index < -0.39 is 5.43 Å². The highest BCUT2D eigenvalue weighted by Gasteiger charge is 2.29. The number of likely N-dealkylation sites (tertiary alicyclic amines) is 1. The molecule has 0 aliphatic carbocycles. The predicted octanol–water partition coefficient (Wildman–Crippen LogP) is 1.60. The Hall–Kier alpha value is -0.280. The lowest BCUT2D eigenvalue weighted by molar-refractivity contribution is -0.898. The predicted molar refractivity (Wildman–Crippen MR) is 47.2 cm³/mol. The van der Waals surface area contributed by atoms with Gasteiger partial charge in [-0.25, -0.2) is 4.79 Å². The maximum Gasteiger partial charge on any atom is 0.404 e. The van der Waals surface area contributed by atoms with Crippen molar-refractivity contribution in [1.29, 1.82) is 0 Å². The molecule has 4 heteroatoms. The molecule has 0 amide bonds. The molecule has 0 aromatic rings. The Morgan fingerprint density at radius 2 is 2.25 bits per heavy atom. The van der Waals surface area contributed by atoms with E-state index in [0.717, 1.165) is 30.4 Å². The molecule has 1 saturated heterocycles. The summed E-state index contributed by atoms with van der Waals surface area (Å²) < 4.78 is 5.85. The molecule has 1 atom stereocenters. The van der Waals surface area contributed by atoms with Gasteiger partial charge in [0.2, 0.25) is 0 Å². The number of piperidine rings is 1. The zero-order valence-electron chi connectivity index (χ0n) is 7.55. The third kappa shape index (κ3) is 2.99. The Kier molecular flexibility index (Phi) is 2.96. The number of likely N-dealkylation sites (N-methyl/N-ethyl adjacent to an activating group) is 1. The van der Waals surface area contributed by atoms with Crippen LogP contribution in [-0.2, 0) is 4.74 Å². The van der Waals surface area contributed by atoms with Crippen molar-refractivity contribution in [2.75, 3.05) is 27.2 Å². The molecule has 0 spiro atoms. The summed E-state index contributed by atoms with van der Waals surface area (Å²) in [7, 11) is 4.27. The van der Waals surface area contributed by atoms with Crippen LogP contribution >= 0.6 is 11.6 Å². The highest BCUT2D eigenvalue weighted by molar-refractivity contribution is 6.61. The highest BCUT2D eigenvalue weighted by Crippen LogP contribution is 2.17. The van der Waals surface area contributed by atoms with Crippen LogP contribution in [0.15, 0.2) is 0 Å². The summed E-state index contributed by atoms with van der Waals surface area (Å²) in [6, 6.07) is 0. The number of hydrogen-bond acceptors (Lipinski definition) is 2. The van der Waals surface area contributed by atoms with Gasteiger partial charge in [0.15, 0.2) is 6.10 Å². The molecular weight excluding hydrogens is 178 g/mol. The van der Waals surface area contributed by atoms with Gasteiger partial charge in [0, 0.05) is 18.0 Å². The van der Waals surface area contributed by atoms with Crippen molar-refractivity contribution in [3.8, 4) is 0 Å². The van der Waals surface area contributed by atoms with E-state index in [4.69, 9.17) is 16.3 Å². The SMILES string of the molecule is C[N+]1(C)CCCC(OC(=O)Cl)C1. The van der Waals surface area contributed by atoms with Gasteiger partial charge in [0.25, 0.3) is 0 Å². The van der Waals surface area contributed by atoms with Gasteiger partial charge in [-0.2, -0.15) is 0 Å². The minimum atomic E-state index is -0.679. The number of ether oxygens (including phenoxy) is 1. The van der Waals surface area contributed by atoms with Crippen molar-refractivity contribution >= 4 is 17.0 Å². The van der Waals surface area contributed by atoms with Crippen LogP contribution in [0.5, 0.6) is 0 Å². The molecule has 12 heavy (non-hydrogen) atoms. The van der Waals surface area contributed by atoms with E-state index in [1.54, 1.807) is 0 Å². The minimum absolute atomic E-state index is 0.0127. The monoisotopic (exact) mass is 192 g/mol. The Bertz CT molecular complexity index is 182. The largest absolute Gasteiger partial charge is 0.444 e. The number of hydrogen-bond donors (Lipinski definition) is 0. The number of rotatable bonds is 1. The lowest BCUT2D eigenvalue weighted by Gasteiger charge is -2.37. The second-order valence-electron chi connectivity index (χ2n) is 3.96. The lowest BCUT2D eigenvalue weighted by atomic mass is 10.1. The summed E-state index contributed by atoms with van der Waals surface area (Å²) in [5.41, 5.74) is -0.679. The molecule has 70 valence electrons. The average Bonchev–Trinajstić information content (AvgIpc) is 1.82. The second kappa shape index (κ2) is 3.62. The molecule has 1 rings (SSSR count). The van der Waals surface area contributed by atoms with Gasteiger partial charge in [-0.05, 0) is 6.42 Å². The first-order valence-corrected chi connectivity index (χ1v) is 4.55. The third-order valence-electron chi connectivity index (χ3n) is 2.25. The summed E-state index contributed by atoms with van der Waals surface area (Å²) in [5.74, 6) is 0. The minimum Gasteiger partial charge on any atom is -0.444 e. The van der Waals surface area contributed by atoms with Gasteiger partial charge in [-0.3, -0.25) is 0 Å². The van der Waals surface area contributed by atoms with Crippen LogP contribution in [0, 0.1) is 0 Å². The molecule has 1 fully saturated rings. The van der Waals surface area contributed by atoms with E-state index in [9.17, 15) is 4.79 Å². The number of nitrogens with zero attached hydrogens (tertiary/aromatic N) is 1. The Balaban J connectivity index is 2.41. The quantitative estimate of drug-likeness (QED) is 0.466. The second-order valence-corrected chi connectivity index (χ2v) is 4.27. The van der Waals surface area contributed by atoms with Gasteiger partial charge < -0.3 is 9.22 Å². The van der Waals surface area contributed by atoms with Crippen molar-refractivity contribution in [3.05, 3.63) is 0 Å². The van der Waals surface area contributed by atoms with Crippen LogP contribution < -0.4 is 0 Å². The van der Waals surface area contributed by atoms with Crippen molar-refractivity contribution in [2.45, 2.75) is 18.9 Å². The first-order chi connectivity index (χ1) is 5.49. The van der Waals surface area contributed by atoms with Crippen LogP contribution in [0.4, 0.5) is 4.79 Å². The zero-order valence-corrected chi connectivity index (χ0v) is 8.30. The molecule has 0 radical (unpaired) electrons. The van der Waals surface area contributed by atoms with Crippen molar-refractivity contribution in [1.82, 2.24) is 0 Å². The Morgan fingerprint density at radius 1 is 1.58 bits per heavy atom. The molecule has 1 aliphatic rings. The molecular formula is C8H15ClNO2+. The van der Waals surface area contributed by atoms with Crippen molar-refractivity contribution in [3.63, 3.8) is 0 Å². The molecule has 1 unspecified atom stereocenters. The number of carbonyl (C=O) groups excluding carboxylic acids is 1. The van der Waals surface area contributed by atoms with E-state index in [0.29, 0.717) is 0 Å². The maximum atomic E-state index is 10.5. The van der Waals surface area contributed by atoms with E-state index >= 15 is 0 Å². The number of carbonyl (C=O) groups is 1. The van der Waals surface area contributed by atoms with Gasteiger partial charge in [0.05, 0.1) is 20.6 Å². The molecule has 1 aliphatic heterocycles. The number of quaternary nitrogens is 1. The summed E-state index contributed by atoms with van der Waals surface area (Å²) in [5, 5.41) is 0. The van der Waals surface area contributed by atoms with Crippen LogP contribution in [-0.4, -0.2) is 43.2 Å². The van der Waals surface area contributed by atoms with Gasteiger partial charge in [0.1, 0.15) is 6.54 Å². The summed E-state index contributed by atoms with van der Waals surface area (Å²) in [4.78, 5) is 10.5. The molecule has 0 aromatic carbocycles. The topological polar surface area (TPSA) is 26.3 Å². The fourth-order valence-electron chi connectivity index (χ4n) is 1.71. The average molecular weight is 193 g/mol. The molecule has 0 aromatic heterocycles. The molecule has 1 heterocycles. The van der Waals surface area contributed by atoms with Crippen LogP contribution in [0.2, 0.25) is 0 Å². The van der Waals surface area contributed by atoms with Crippen molar-refractivity contribution < 1.29 is 14.0 Å². The molecule has 0 N–H and O–H groups in total. The molecule has 3 nitrogen and oxygen atoms in total. The smallest absolute Gasteiger partial charge is 0.404 e. The molecule has 0 bridgehead atoms. The Morgan fingerprint density at radius 3 is 2.75 bits per heavy atom. The number of halogens is 1. The fourth-order valence-corrected chi connectivity index (χ4v) is 1.83. The lowest BCUT2D eigenvalue weighted by Crippen LogP contribution is -2.50. The Labute approximate surface area is 77.8 Å². The maximum absolute atomic E-state index is 10.5. The van der Waals surface area contributed by atoms with Gasteiger partial charge in [-0.15, -0.1) is 0 Å². The standard InChI is InChI=1S/C8H15ClNO2/c1-10(2)5-3-4-7(6-10)12-8(9)11/h7H,3-6H2,1-2H3/q+1. The molecule has 0 saturated carbocycles. The summed E-state index contributed by atoms with van der Waals surface area (Å²) in [6.07, 6.45) is 2.06. The van der Waals surface area contributed by atoms with Gasteiger partial charge >= 0.3 is 5.43 Å². The van der Waals surface area contributed by atoms with Crippen molar-refractivity contribution in [2.24, 2.45) is 0 Å². The third-order valence-corrected chi connectivity index (χ3v) is 2.34. The van der Waals surface area contributed by atoms with Crippen LogP contribution in [0.1, 0.15) is 12.8 Å². The van der Waals surface area contributed by atoms with Gasteiger partial charge in [-0.1, -0.05) is 0 Å². The fraction of sp³-hybridized carbons (Fsp3) is 0.875. The first kappa shape index (κ1) is 9.81. The zero-order chi connectivity index (χ0) is 9.19. The van der Waals surface area contributed by atoms with Crippen LogP contribution in [0.25, 0.3) is 0 Å². The first-order valence-electron chi connectivity index (χ1n) is 4.18. The summed E-state index contributed by atoms with van der Waals surface area (Å²) >= 11 is 5.14.